The smallest absolute Gasteiger partial charge is 0.164 e. The van der Waals surface area contributed by atoms with Crippen LogP contribution < -0.4 is 0 Å². The van der Waals surface area contributed by atoms with Crippen LogP contribution in [0.5, 0.6) is 0 Å². The maximum absolute atomic E-state index is 4.96. The van der Waals surface area contributed by atoms with Crippen molar-refractivity contribution in [1.29, 1.82) is 0 Å². The molecule has 0 unspecified atom stereocenters. The normalized spacial score (nSPS) is 11.5. The van der Waals surface area contributed by atoms with Gasteiger partial charge in [-0.05, 0) is 59.7 Å². The van der Waals surface area contributed by atoms with Crippen molar-refractivity contribution in [3.8, 4) is 56.7 Å². The van der Waals surface area contributed by atoms with E-state index in [1.807, 2.05) is 60.7 Å². The molecule has 5 heteroatoms. The Hall–Kier alpha value is -7.11. The van der Waals surface area contributed by atoms with Gasteiger partial charge < -0.3 is 9.13 Å². The van der Waals surface area contributed by atoms with E-state index in [4.69, 9.17) is 15.0 Å². The molecule has 0 fully saturated rings. The van der Waals surface area contributed by atoms with Crippen LogP contribution in [-0.4, -0.2) is 24.1 Å². The van der Waals surface area contributed by atoms with Crippen molar-refractivity contribution in [1.82, 2.24) is 24.1 Å². The molecule has 0 saturated heterocycles. The van der Waals surface area contributed by atoms with E-state index in [0.29, 0.717) is 17.5 Å². The molecule has 0 bridgehead atoms. The van der Waals surface area contributed by atoms with E-state index in [2.05, 4.69) is 137 Å². The Kier molecular flexibility index (Phi) is 7.07. The Morgan fingerprint density at radius 2 is 0.942 bits per heavy atom. The molecule has 0 N–H and O–H groups in total. The molecule has 0 atom stereocenters. The fourth-order valence-corrected chi connectivity index (χ4v) is 7.34. The van der Waals surface area contributed by atoms with Gasteiger partial charge in [0.15, 0.2) is 17.5 Å². The summed E-state index contributed by atoms with van der Waals surface area (Å²) in [7, 11) is 0. The summed E-state index contributed by atoms with van der Waals surface area (Å²) in [6.07, 6.45) is 2.18. The van der Waals surface area contributed by atoms with Crippen molar-refractivity contribution < 1.29 is 0 Å². The number of hydrogen-bond acceptors (Lipinski definition) is 3. The lowest BCUT2D eigenvalue weighted by Gasteiger charge is -2.11. The monoisotopic (exact) mass is 665 g/mol. The predicted molar refractivity (Wildman–Crippen MR) is 213 cm³/mol. The largest absolute Gasteiger partial charge is 0.316 e. The summed E-state index contributed by atoms with van der Waals surface area (Å²) in [4.78, 5) is 14.8. The van der Waals surface area contributed by atoms with Crippen LogP contribution >= 0.6 is 0 Å². The number of nitrogens with zero attached hydrogens (tertiary/aromatic N) is 5. The predicted octanol–water partition coefficient (Wildman–Crippen LogP) is 11.6. The van der Waals surface area contributed by atoms with Gasteiger partial charge in [0.05, 0.1) is 16.6 Å². The lowest BCUT2D eigenvalue weighted by molar-refractivity contribution is 1.07. The first-order valence-electron chi connectivity index (χ1n) is 17.5. The molecule has 0 amide bonds. The van der Waals surface area contributed by atoms with E-state index >= 15 is 0 Å². The molecular weight excluding hydrogens is 635 g/mol. The number of hydrogen-bond donors (Lipinski definition) is 0. The molecule has 3 aromatic heterocycles. The maximum atomic E-state index is 4.96. The second-order valence-corrected chi connectivity index (χ2v) is 12.9. The number of rotatable bonds is 6. The molecule has 0 saturated carbocycles. The van der Waals surface area contributed by atoms with E-state index < -0.39 is 0 Å². The highest BCUT2D eigenvalue weighted by molar-refractivity contribution is 6.20. The summed E-state index contributed by atoms with van der Waals surface area (Å²) in [6.45, 7) is 0. The molecule has 0 radical (unpaired) electrons. The van der Waals surface area contributed by atoms with Gasteiger partial charge in [-0.3, -0.25) is 0 Å². The quantitative estimate of drug-likeness (QED) is 0.178. The second-order valence-electron chi connectivity index (χ2n) is 12.9. The minimum absolute atomic E-state index is 0.642. The highest BCUT2D eigenvalue weighted by Gasteiger charge is 2.18. The van der Waals surface area contributed by atoms with Crippen LogP contribution in [0.25, 0.3) is 89.4 Å². The first-order valence-corrected chi connectivity index (χ1v) is 17.5. The molecule has 244 valence electrons. The van der Waals surface area contributed by atoms with E-state index in [0.717, 1.165) is 39.2 Å². The van der Waals surface area contributed by atoms with Crippen LogP contribution in [-0.2, 0) is 0 Å². The molecule has 52 heavy (non-hydrogen) atoms. The Bertz CT molecular complexity index is 2810. The van der Waals surface area contributed by atoms with Crippen molar-refractivity contribution in [3.63, 3.8) is 0 Å². The molecule has 0 aliphatic carbocycles. The Labute approximate surface area is 300 Å². The van der Waals surface area contributed by atoms with E-state index in [1.54, 1.807) is 0 Å². The molecule has 0 aliphatic rings. The fourth-order valence-electron chi connectivity index (χ4n) is 7.34. The van der Waals surface area contributed by atoms with Crippen LogP contribution in [0.4, 0.5) is 0 Å². The first kappa shape index (κ1) is 29.8. The number of para-hydroxylation sites is 2. The highest BCUT2D eigenvalue weighted by atomic mass is 15.0. The van der Waals surface area contributed by atoms with Crippen molar-refractivity contribution in [2.45, 2.75) is 0 Å². The van der Waals surface area contributed by atoms with Gasteiger partial charge in [-0.1, -0.05) is 133 Å². The zero-order valence-corrected chi connectivity index (χ0v) is 28.1. The number of fused-ring (bicyclic) bond motifs is 5. The maximum Gasteiger partial charge on any atom is 0.164 e. The minimum atomic E-state index is 0.642. The average Bonchev–Trinajstić information content (AvgIpc) is 3.81. The zero-order valence-electron chi connectivity index (χ0n) is 28.1. The molecular formula is C47H31N5. The van der Waals surface area contributed by atoms with Crippen molar-refractivity contribution >= 4 is 32.7 Å². The SMILES string of the molecule is c1ccc(-c2nc(-c3ccccc3)nc(-c3cccc(-c4ccc(-n5c6ccccc6c6c7c(ccc65)ccn7-c5ccccc5)cc4)c3)n2)cc1. The van der Waals surface area contributed by atoms with Crippen LogP contribution in [0.1, 0.15) is 0 Å². The van der Waals surface area contributed by atoms with Crippen LogP contribution in [0.3, 0.4) is 0 Å². The third-order valence-corrected chi connectivity index (χ3v) is 9.80. The lowest BCUT2D eigenvalue weighted by atomic mass is 10.0. The second kappa shape index (κ2) is 12.3. The fraction of sp³-hybridized carbons (Fsp3) is 0. The topological polar surface area (TPSA) is 48.5 Å². The molecule has 5 nitrogen and oxygen atoms in total. The third kappa shape index (κ3) is 5.07. The van der Waals surface area contributed by atoms with Gasteiger partial charge in [0, 0.05) is 50.4 Å². The van der Waals surface area contributed by atoms with Crippen LogP contribution in [0.2, 0.25) is 0 Å². The van der Waals surface area contributed by atoms with Gasteiger partial charge in [-0.15, -0.1) is 0 Å². The molecule has 7 aromatic carbocycles. The van der Waals surface area contributed by atoms with Crippen LogP contribution in [0.15, 0.2) is 188 Å². The van der Waals surface area contributed by atoms with Crippen molar-refractivity contribution in [2.75, 3.05) is 0 Å². The van der Waals surface area contributed by atoms with Gasteiger partial charge in [0.2, 0.25) is 0 Å². The molecule has 3 heterocycles. The highest BCUT2D eigenvalue weighted by Crippen LogP contribution is 2.38. The Balaban J connectivity index is 1.07. The van der Waals surface area contributed by atoms with E-state index in [9.17, 15) is 0 Å². The number of benzene rings is 7. The zero-order chi connectivity index (χ0) is 34.4. The van der Waals surface area contributed by atoms with Crippen molar-refractivity contribution in [2.24, 2.45) is 0 Å². The van der Waals surface area contributed by atoms with Gasteiger partial charge >= 0.3 is 0 Å². The summed E-state index contributed by atoms with van der Waals surface area (Å²) in [6, 6.07) is 63.5. The van der Waals surface area contributed by atoms with E-state index in [-0.39, 0.29) is 0 Å². The number of aromatic nitrogens is 5. The summed E-state index contributed by atoms with van der Waals surface area (Å²) in [5, 5.41) is 3.71. The summed E-state index contributed by atoms with van der Waals surface area (Å²) in [5.74, 6) is 1.94. The Morgan fingerprint density at radius 1 is 0.365 bits per heavy atom. The third-order valence-electron chi connectivity index (χ3n) is 9.80. The van der Waals surface area contributed by atoms with E-state index in [1.165, 1.54) is 32.7 Å². The van der Waals surface area contributed by atoms with Crippen LogP contribution in [0, 0.1) is 0 Å². The van der Waals surface area contributed by atoms with Gasteiger partial charge in [0.1, 0.15) is 0 Å². The van der Waals surface area contributed by atoms with Crippen molar-refractivity contribution in [3.05, 3.63) is 188 Å². The molecule has 0 aliphatic heterocycles. The standard InChI is InChI=1S/C47H31N5/c1-4-13-34(14-5-1)45-48-46(35-15-6-2-7-16-35)50-47(49-45)37-18-12-17-36(31-37)32-23-26-39(27-24-32)52-41-22-11-10-21-40(41)43-42(52)28-25-33-29-30-51(44(33)43)38-19-8-3-9-20-38/h1-31H. The average molecular weight is 666 g/mol. The Morgan fingerprint density at radius 3 is 1.63 bits per heavy atom. The lowest BCUT2D eigenvalue weighted by Crippen LogP contribution is -2.00. The first-order chi connectivity index (χ1) is 25.8. The van der Waals surface area contributed by atoms with Gasteiger partial charge in [0.25, 0.3) is 0 Å². The van der Waals surface area contributed by atoms with Gasteiger partial charge in [-0.25, -0.2) is 15.0 Å². The summed E-state index contributed by atoms with van der Waals surface area (Å²) in [5.41, 5.74) is 10.9. The summed E-state index contributed by atoms with van der Waals surface area (Å²) < 4.78 is 4.69. The summed E-state index contributed by atoms with van der Waals surface area (Å²) >= 11 is 0. The molecule has 10 aromatic rings. The van der Waals surface area contributed by atoms with Gasteiger partial charge in [-0.2, -0.15) is 0 Å². The molecule has 0 spiro atoms. The minimum Gasteiger partial charge on any atom is -0.316 e. The molecule has 10 rings (SSSR count).